The molecular weight excluding hydrogens is 179 g/mol. The van der Waals surface area contributed by atoms with Crippen LogP contribution in [-0.2, 0) is 6.54 Å². The Hall–Kier alpha value is -1.35. The molecule has 0 aliphatic carbocycles. The van der Waals surface area contributed by atoms with E-state index >= 15 is 0 Å². The lowest BCUT2D eigenvalue weighted by Gasteiger charge is -2.18. The summed E-state index contributed by atoms with van der Waals surface area (Å²) in [4.78, 5) is 0. The Morgan fingerprint density at radius 1 is 1.43 bits per heavy atom. The molecule has 2 nitrogen and oxygen atoms in total. The van der Waals surface area contributed by atoms with E-state index in [1.54, 1.807) is 19.2 Å². The van der Waals surface area contributed by atoms with Gasteiger partial charge >= 0.3 is 0 Å². The van der Waals surface area contributed by atoms with Gasteiger partial charge in [-0.3, -0.25) is 0 Å². The van der Waals surface area contributed by atoms with Crippen LogP contribution < -0.4 is 5.43 Å². The van der Waals surface area contributed by atoms with Crippen molar-refractivity contribution in [2.75, 3.05) is 7.05 Å². The molecule has 0 amide bonds. The van der Waals surface area contributed by atoms with Gasteiger partial charge in [-0.05, 0) is 13.0 Å². The predicted octanol–water partition coefficient (Wildman–Crippen LogP) is 2.30. The molecule has 0 bridgehead atoms. The molecule has 1 rings (SSSR count). The van der Waals surface area contributed by atoms with E-state index in [2.05, 4.69) is 5.43 Å². The summed E-state index contributed by atoms with van der Waals surface area (Å²) in [5.41, 5.74) is 3.64. The Kier molecular flexibility index (Phi) is 4.13. The van der Waals surface area contributed by atoms with E-state index in [-0.39, 0.29) is 5.82 Å². The zero-order chi connectivity index (χ0) is 10.4. The van der Waals surface area contributed by atoms with Crippen LogP contribution in [0.1, 0.15) is 12.5 Å². The van der Waals surface area contributed by atoms with Crippen molar-refractivity contribution in [3.63, 3.8) is 0 Å². The maximum absolute atomic E-state index is 13.2. The molecule has 0 atom stereocenters. The van der Waals surface area contributed by atoms with Gasteiger partial charge < -0.3 is 5.01 Å². The van der Waals surface area contributed by atoms with Gasteiger partial charge in [0.25, 0.3) is 0 Å². The third-order valence-corrected chi connectivity index (χ3v) is 1.91. The Balaban J connectivity index is 2.71. The first-order valence-corrected chi connectivity index (χ1v) is 4.58. The average molecular weight is 194 g/mol. The van der Waals surface area contributed by atoms with Crippen LogP contribution >= 0.6 is 0 Å². The lowest BCUT2D eigenvalue weighted by atomic mass is 10.2. The van der Waals surface area contributed by atoms with Crippen LogP contribution in [0.4, 0.5) is 4.39 Å². The van der Waals surface area contributed by atoms with Gasteiger partial charge in [0.15, 0.2) is 0 Å². The first kappa shape index (κ1) is 10.7. The maximum atomic E-state index is 13.2. The number of hydrogen-bond acceptors (Lipinski definition) is 2. The summed E-state index contributed by atoms with van der Waals surface area (Å²) in [6, 6.07) is 6.78. The molecule has 1 aromatic carbocycles. The summed E-state index contributed by atoms with van der Waals surface area (Å²) < 4.78 is 13.2. The normalized spacial score (nSPS) is 10.8. The van der Waals surface area contributed by atoms with Crippen molar-refractivity contribution >= 4 is 0 Å². The molecular formula is C11H15FN2. The first-order valence-electron chi connectivity index (χ1n) is 4.58. The van der Waals surface area contributed by atoms with Gasteiger partial charge in [-0.1, -0.05) is 24.3 Å². The SMILES string of the molecule is C/C=C\N(Cc1ccccc1F)NC. The second-order valence-corrected chi connectivity index (χ2v) is 2.93. The molecule has 3 heteroatoms. The number of nitrogens with one attached hydrogen (secondary N) is 1. The summed E-state index contributed by atoms with van der Waals surface area (Å²) in [7, 11) is 1.81. The van der Waals surface area contributed by atoms with E-state index in [0.717, 1.165) is 0 Å². The Labute approximate surface area is 84.0 Å². The minimum atomic E-state index is -0.169. The molecule has 0 unspecified atom stereocenters. The lowest BCUT2D eigenvalue weighted by Crippen LogP contribution is -2.29. The number of hydrazine groups is 1. The fourth-order valence-corrected chi connectivity index (χ4v) is 1.20. The van der Waals surface area contributed by atoms with Crippen molar-refractivity contribution in [3.05, 3.63) is 47.9 Å². The highest BCUT2D eigenvalue weighted by Crippen LogP contribution is 2.08. The highest BCUT2D eigenvalue weighted by Gasteiger charge is 2.02. The van der Waals surface area contributed by atoms with Crippen LogP contribution in [-0.4, -0.2) is 12.1 Å². The van der Waals surface area contributed by atoms with Crippen LogP contribution in [0.2, 0.25) is 0 Å². The van der Waals surface area contributed by atoms with Gasteiger partial charge in [-0.2, -0.15) is 0 Å². The van der Waals surface area contributed by atoms with Gasteiger partial charge in [0, 0.05) is 18.8 Å². The quantitative estimate of drug-likeness (QED) is 0.740. The summed E-state index contributed by atoms with van der Waals surface area (Å²) in [6.07, 6.45) is 3.77. The van der Waals surface area contributed by atoms with Gasteiger partial charge in [-0.15, -0.1) is 0 Å². The molecule has 14 heavy (non-hydrogen) atoms. The van der Waals surface area contributed by atoms with Gasteiger partial charge in [0.2, 0.25) is 0 Å². The molecule has 76 valence electrons. The fraction of sp³-hybridized carbons (Fsp3) is 0.273. The molecule has 0 heterocycles. The fourth-order valence-electron chi connectivity index (χ4n) is 1.20. The Bertz CT molecular complexity index is 310. The van der Waals surface area contributed by atoms with Gasteiger partial charge in [-0.25, -0.2) is 9.82 Å². The molecule has 0 aliphatic rings. The van der Waals surface area contributed by atoms with Crippen molar-refractivity contribution in [2.24, 2.45) is 0 Å². The number of allylic oxidation sites excluding steroid dienone is 1. The summed E-state index contributed by atoms with van der Waals surface area (Å²) in [5.74, 6) is -0.169. The number of nitrogens with zero attached hydrogens (tertiary/aromatic N) is 1. The van der Waals surface area contributed by atoms with Crippen LogP contribution in [0.3, 0.4) is 0 Å². The zero-order valence-corrected chi connectivity index (χ0v) is 8.50. The van der Waals surface area contributed by atoms with Crippen molar-refractivity contribution in [3.8, 4) is 0 Å². The summed E-state index contributed by atoms with van der Waals surface area (Å²) >= 11 is 0. The topological polar surface area (TPSA) is 15.3 Å². The Morgan fingerprint density at radius 3 is 2.71 bits per heavy atom. The average Bonchev–Trinajstić information content (AvgIpc) is 2.20. The van der Waals surface area contributed by atoms with Crippen molar-refractivity contribution in [2.45, 2.75) is 13.5 Å². The third kappa shape index (κ3) is 2.85. The minimum Gasteiger partial charge on any atom is -0.312 e. The number of halogens is 1. The van der Waals surface area contributed by atoms with Crippen molar-refractivity contribution < 1.29 is 4.39 Å². The monoisotopic (exact) mass is 194 g/mol. The molecule has 0 saturated carbocycles. The van der Waals surface area contributed by atoms with E-state index in [1.165, 1.54) is 6.07 Å². The van der Waals surface area contributed by atoms with E-state index in [4.69, 9.17) is 0 Å². The summed E-state index contributed by atoms with van der Waals surface area (Å²) in [6.45, 7) is 2.44. The molecule has 0 saturated heterocycles. The predicted molar refractivity (Wildman–Crippen MR) is 55.8 cm³/mol. The van der Waals surface area contributed by atoms with Gasteiger partial charge in [0.05, 0.1) is 6.54 Å². The largest absolute Gasteiger partial charge is 0.312 e. The van der Waals surface area contributed by atoms with Crippen molar-refractivity contribution in [1.82, 2.24) is 10.4 Å². The van der Waals surface area contributed by atoms with E-state index < -0.39 is 0 Å². The molecule has 0 aliphatic heterocycles. The van der Waals surface area contributed by atoms with E-state index in [1.807, 2.05) is 30.3 Å². The third-order valence-electron chi connectivity index (χ3n) is 1.91. The Morgan fingerprint density at radius 2 is 2.14 bits per heavy atom. The highest BCUT2D eigenvalue weighted by atomic mass is 19.1. The van der Waals surface area contributed by atoms with Crippen LogP contribution in [0.5, 0.6) is 0 Å². The highest BCUT2D eigenvalue weighted by molar-refractivity contribution is 5.17. The van der Waals surface area contributed by atoms with Crippen molar-refractivity contribution in [1.29, 1.82) is 0 Å². The summed E-state index contributed by atoms with van der Waals surface area (Å²) in [5, 5.41) is 1.82. The minimum absolute atomic E-state index is 0.169. The van der Waals surface area contributed by atoms with Crippen LogP contribution in [0, 0.1) is 5.82 Å². The standard InChI is InChI=1S/C11H15FN2/c1-3-8-14(13-2)9-10-6-4-5-7-11(10)12/h3-8,13H,9H2,1-2H3/b8-3-. The zero-order valence-electron chi connectivity index (χ0n) is 8.50. The van der Waals surface area contributed by atoms with Crippen LogP contribution in [0.15, 0.2) is 36.5 Å². The molecule has 1 N–H and O–H groups in total. The molecule has 0 radical (unpaired) electrons. The smallest absolute Gasteiger partial charge is 0.128 e. The number of rotatable bonds is 4. The molecule has 0 aromatic heterocycles. The lowest BCUT2D eigenvalue weighted by molar-refractivity contribution is 0.285. The second-order valence-electron chi connectivity index (χ2n) is 2.93. The molecule has 0 fully saturated rings. The molecule has 1 aromatic rings. The number of benzene rings is 1. The van der Waals surface area contributed by atoms with E-state index in [9.17, 15) is 4.39 Å². The first-order chi connectivity index (χ1) is 6.77. The number of hydrogen-bond donors (Lipinski definition) is 1. The molecule has 0 spiro atoms. The second kappa shape index (κ2) is 5.40. The van der Waals surface area contributed by atoms with Crippen LogP contribution in [0.25, 0.3) is 0 Å². The van der Waals surface area contributed by atoms with Gasteiger partial charge in [0.1, 0.15) is 5.82 Å². The van der Waals surface area contributed by atoms with E-state index in [0.29, 0.717) is 12.1 Å². The maximum Gasteiger partial charge on any atom is 0.128 e.